The molecule has 0 fully saturated rings. The molecule has 220 valence electrons. The van der Waals surface area contributed by atoms with Gasteiger partial charge in [-0.3, -0.25) is 4.52 Å². The summed E-state index contributed by atoms with van der Waals surface area (Å²) in [5.74, 6) is 0. The lowest BCUT2D eigenvalue weighted by molar-refractivity contribution is 0.147. The van der Waals surface area contributed by atoms with E-state index in [2.05, 4.69) is 99.5 Å². The summed E-state index contributed by atoms with van der Waals surface area (Å²) in [6.07, 6.45) is -1.14. The molecule has 39 heavy (non-hydrogen) atoms. The molecule has 0 heterocycles. The largest absolute Gasteiger partial charge is 0.482 e. The molecule has 0 saturated carbocycles. The SMILES string of the molecule is CC(C)(C)c1cc(C(OP(=O)(O)OP(=O)(O)O)c2cc(C(C)(C)C)cc(C(C)(C)C)c2)cc(C(C)(C)C)c1.[AlH3]. The van der Waals surface area contributed by atoms with Crippen LogP contribution in [0, 0.1) is 0 Å². The second-order valence-corrected chi connectivity index (χ2v) is 17.0. The Kier molecular flexibility index (Phi) is 11.0. The Bertz CT molecular complexity index is 1120. The van der Waals surface area contributed by atoms with Gasteiger partial charge in [-0.1, -0.05) is 119 Å². The fourth-order valence-electron chi connectivity index (χ4n) is 3.94. The molecule has 0 spiro atoms. The summed E-state index contributed by atoms with van der Waals surface area (Å²) in [4.78, 5) is 29.1. The lowest BCUT2D eigenvalue weighted by Gasteiger charge is -2.31. The van der Waals surface area contributed by atoms with Gasteiger partial charge in [0.25, 0.3) is 0 Å². The van der Waals surface area contributed by atoms with E-state index in [0.717, 1.165) is 22.3 Å². The number of phosphoric ester groups is 1. The van der Waals surface area contributed by atoms with Gasteiger partial charge in [-0.2, -0.15) is 4.31 Å². The molecule has 2 rings (SSSR count). The molecular weight excluding hydrogens is 549 g/mol. The summed E-state index contributed by atoms with van der Waals surface area (Å²) in [6.45, 7) is 25.0. The van der Waals surface area contributed by atoms with Crippen LogP contribution in [-0.2, 0) is 39.6 Å². The van der Waals surface area contributed by atoms with E-state index in [9.17, 15) is 23.8 Å². The van der Waals surface area contributed by atoms with Crippen molar-refractivity contribution in [2.24, 2.45) is 0 Å². The van der Waals surface area contributed by atoms with E-state index < -0.39 is 21.7 Å². The van der Waals surface area contributed by atoms with Crippen LogP contribution in [0.4, 0.5) is 0 Å². The van der Waals surface area contributed by atoms with Gasteiger partial charge in [0, 0.05) is 0 Å². The van der Waals surface area contributed by atoms with Crippen molar-refractivity contribution in [2.45, 2.75) is 111 Å². The fourth-order valence-corrected chi connectivity index (χ4v) is 5.68. The Morgan fingerprint density at radius 3 is 1.03 bits per heavy atom. The molecule has 0 aromatic heterocycles. The standard InChI is InChI=1S/C29H46O7P2.Al.3H/c1-26(2,3)21-13-19(14-22(17-21)27(4,5)6)25(35-38(33,34)36-37(30,31)32)20-15-23(28(7,8)9)18-24(16-20)29(10,11)12;;;;/h13-18,25H,1-12H3,(H,33,34)(H2,30,31,32);;;;. The number of hydrogen-bond donors (Lipinski definition) is 3. The molecule has 1 atom stereocenters. The first-order valence-electron chi connectivity index (χ1n) is 12.8. The van der Waals surface area contributed by atoms with Crippen LogP contribution in [0.5, 0.6) is 0 Å². The van der Waals surface area contributed by atoms with E-state index in [1.807, 2.05) is 24.3 Å². The minimum absolute atomic E-state index is 0. The zero-order valence-electron chi connectivity index (χ0n) is 24.9. The molecular formula is C29H49AlO7P2. The van der Waals surface area contributed by atoms with Crippen LogP contribution in [-0.4, -0.2) is 32.0 Å². The molecule has 10 heteroatoms. The van der Waals surface area contributed by atoms with Crippen molar-refractivity contribution in [1.82, 2.24) is 0 Å². The van der Waals surface area contributed by atoms with E-state index >= 15 is 0 Å². The molecule has 2 aromatic rings. The van der Waals surface area contributed by atoms with E-state index in [-0.39, 0.29) is 39.0 Å². The average molecular weight is 599 g/mol. The Morgan fingerprint density at radius 1 is 0.564 bits per heavy atom. The first-order chi connectivity index (χ1) is 16.7. The second-order valence-electron chi connectivity index (χ2n) is 14.2. The normalized spacial score (nSPS) is 15.2. The van der Waals surface area contributed by atoms with Gasteiger partial charge in [0.1, 0.15) is 6.10 Å². The molecule has 3 N–H and O–H groups in total. The highest BCUT2D eigenvalue weighted by Gasteiger charge is 2.37. The summed E-state index contributed by atoms with van der Waals surface area (Å²) in [5.41, 5.74) is 4.23. The zero-order chi connectivity index (χ0) is 29.7. The molecule has 0 aliphatic heterocycles. The van der Waals surface area contributed by atoms with Gasteiger partial charge >= 0.3 is 15.6 Å². The first-order valence-corrected chi connectivity index (χ1v) is 15.8. The van der Waals surface area contributed by atoms with Crippen molar-refractivity contribution in [1.29, 1.82) is 0 Å². The maximum Gasteiger partial charge on any atom is 0.482 e. The van der Waals surface area contributed by atoms with E-state index in [4.69, 9.17) is 4.52 Å². The predicted octanol–water partition coefficient (Wildman–Crippen LogP) is 7.01. The Hall–Kier alpha value is -0.768. The summed E-state index contributed by atoms with van der Waals surface area (Å²) in [5, 5.41) is 0. The van der Waals surface area contributed by atoms with Crippen molar-refractivity contribution in [3.63, 3.8) is 0 Å². The quantitative estimate of drug-likeness (QED) is 0.242. The average Bonchev–Trinajstić information content (AvgIpc) is 2.67. The van der Waals surface area contributed by atoms with Gasteiger partial charge < -0.3 is 14.7 Å². The van der Waals surface area contributed by atoms with Gasteiger partial charge in [-0.25, -0.2) is 9.13 Å². The molecule has 0 saturated heterocycles. The minimum Gasteiger partial charge on any atom is -0.302 e. The van der Waals surface area contributed by atoms with E-state index in [1.165, 1.54) is 0 Å². The summed E-state index contributed by atoms with van der Waals surface area (Å²) in [7, 11) is -10.5. The third-order valence-corrected chi connectivity index (χ3v) is 8.58. The number of hydrogen-bond acceptors (Lipinski definition) is 4. The van der Waals surface area contributed by atoms with Gasteiger partial charge in [0.05, 0.1) is 0 Å². The molecule has 2 aromatic carbocycles. The summed E-state index contributed by atoms with van der Waals surface area (Å²) < 4.78 is 34.3. The van der Waals surface area contributed by atoms with Gasteiger partial charge in [0.15, 0.2) is 17.4 Å². The van der Waals surface area contributed by atoms with Crippen LogP contribution < -0.4 is 0 Å². The maximum atomic E-state index is 12.9. The first kappa shape index (κ1) is 36.3. The number of rotatable bonds is 6. The number of phosphoric acid groups is 2. The molecule has 7 nitrogen and oxygen atoms in total. The second kappa shape index (κ2) is 11.8. The molecule has 0 aliphatic rings. The van der Waals surface area contributed by atoms with E-state index in [1.54, 1.807) is 0 Å². The molecule has 1 unspecified atom stereocenters. The number of benzene rings is 2. The topological polar surface area (TPSA) is 113 Å². The van der Waals surface area contributed by atoms with Gasteiger partial charge in [-0.15, -0.1) is 0 Å². The minimum atomic E-state index is -5.31. The molecule has 0 bridgehead atoms. The van der Waals surface area contributed by atoms with Crippen LogP contribution in [0.1, 0.15) is 123 Å². The van der Waals surface area contributed by atoms with E-state index in [0.29, 0.717) is 11.1 Å². The van der Waals surface area contributed by atoms with Crippen LogP contribution in [0.25, 0.3) is 0 Å². The predicted molar refractivity (Wildman–Crippen MR) is 164 cm³/mol. The highest BCUT2D eigenvalue weighted by Crippen LogP contribution is 2.60. The highest BCUT2D eigenvalue weighted by molar-refractivity contribution is 7.60. The zero-order valence-corrected chi connectivity index (χ0v) is 26.7. The fraction of sp³-hybridized carbons (Fsp3) is 0.586. The maximum absolute atomic E-state index is 12.9. The summed E-state index contributed by atoms with van der Waals surface area (Å²) in [6, 6.07) is 12.0. The third kappa shape index (κ3) is 10.5. The van der Waals surface area contributed by atoms with Crippen molar-refractivity contribution >= 4 is 33.0 Å². The lowest BCUT2D eigenvalue weighted by Crippen LogP contribution is -2.20. The smallest absolute Gasteiger partial charge is 0.302 e. The highest BCUT2D eigenvalue weighted by atomic mass is 31.3. The molecule has 0 radical (unpaired) electrons. The molecule has 0 aliphatic carbocycles. The summed E-state index contributed by atoms with van der Waals surface area (Å²) >= 11 is 0. The van der Waals surface area contributed by atoms with Crippen LogP contribution in [0.3, 0.4) is 0 Å². The van der Waals surface area contributed by atoms with Crippen molar-refractivity contribution in [3.8, 4) is 0 Å². The monoisotopic (exact) mass is 598 g/mol. The lowest BCUT2D eigenvalue weighted by atomic mass is 9.77. The van der Waals surface area contributed by atoms with Crippen LogP contribution in [0.15, 0.2) is 36.4 Å². The van der Waals surface area contributed by atoms with Crippen molar-refractivity contribution < 1.29 is 32.6 Å². The van der Waals surface area contributed by atoms with Gasteiger partial charge in [0.2, 0.25) is 0 Å². The van der Waals surface area contributed by atoms with Crippen molar-refractivity contribution in [2.75, 3.05) is 0 Å². The van der Waals surface area contributed by atoms with Gasteiger partial charge in [-0.05, 0) is 55.0 Å². The molecule has 0 amide bonds. The van der Waals surface area contributed by atoms with Crippen LogP contribution >= 0.6 is 15.6 Å². The Balaban J connectivity index is 0.00000760. The van der Waals surface area contributed by atoms with Crippen molar-refractivity contribution in [3.05, 3.63) is 69.8 Å². The Labute approximate surface area is 245 Å². The third-order valence-electron chi connectivity index (χ3n) is 6.43. The Morgan fingerprint density at radius 2 is 0.821 bits per heavy atom. The van der Waals surface area contributed by atoms with Crippen LogP contribution in [0.2, 0.25) is 0 Å².